The zero-order chi connectivity index (χ0) is 10.7. The molecule has 1 aliphatic heterocycles. The van der Waals surface area contributed by atoms with E-state index in [1.807, 2.05) is 0 Å². The molecule has 0 bridgehead atoms. The van der Waals surface area contributed by atoms with Crippen LogP contribution in [0.25, 0.3) is 0 Å². The van der Waals surface area contributed by atoms with Gasteiger partial charge in [0.05, 0.1) is 6.10 Å². The predicted molar refractivity (Wildman–Crippen MR) is 59.7 cm³/mol. The summed E-state index contributed by atoms with van der Waals surface area (Å²) in [6.45, 7) is 3.21. The predicted octanol–water partition coefficient (Wildman–Crippen LogP) is 0.996. The second-order valence-corrected chi connectivity index (χ2v) is 5.40. The monoisotopic (exact) mass is 213 g/mol. The van der Waals surface area contributed by atoms with Crippen molar-refractivity contribution in [3.63, 3.8) is 0 Å². The number of hydrogen-bond donors (Lipinski definition) is 2. The molecule has 3 heteroatoms. The van der Waals surface area contributed by atoms with E-state index >= 15 is 0 Å². The minimum Gasteiger partial charge on any atom is -0.396 e. The van der Waals surface area contributed by atoms with Crippen LogP contribution in [0.1, 0.15) is 38.5 Å². The smallest absolute Gasteiger partial charge is 0.0667 e. The Kier molecular flexibility index (Phi) is 3.65. The standard InChI is InChI=1S/C12H23NO2/c14-10-12(5-1-2-6-12)9-13-7-3-4-11(15)8-13/h11,14-15H,1-10H2. The van der Waals surface area contributed by atoms with Gasteiger partial charge in [-0.3, -0.25) is 0 Å². The summed E-state index contributed by atoms with van der Waals surface area (Å²) >= 11 is 0. The molecule has 2 aliphatic rings. The van der Waals surface area contributed by atoms with E-state index in [2.05, 4.69) is 4.90 Å². The highest BCUT2D eigenvalue weighted by molar-refractivity contribution is 4.88. The topological polar surface area (TPSA) is 43.7 Å². The lowest BCUT2D eigenvalue weighted by molar-refractivity contribution is 0.0241. The maximum absolute atomic E-state index is 9.61. The second kappa shape index (κ2) is 4.81. The van der Waals surface area contributed by atoms with Gasteiger partial charge in [-0.2, -0.15) is 0 Å². The lowest BCUT2D eigenvalue weighted by Crippen LogP contribution is -2.45. The van der Waals surface area contributed by atoms with Gasteiger partial charge in [0, 0.05) is 25.1 Å². The third kappa shape index (κ3) is 2.71. The number of hydrogen-bond acceptors (Lipinski definition) is 3. The Bertz CT molecular complexity index is 202. The van der Waals surface area contributed by atoms with E-state index in [1.54, 1.807) is 0 Å². The largest absolute Gasteiger partial charge is 0.396 e. The van der Waals surface area contributed by atoms with Gasteiger partial charge in [-0.25, -0.2) is 0 Å². The van der Waals surface area contributed by atoms with Crippen LogP contribution in [0.3, 0.4) is 0 Å². The molecule has 88 valence electrons. The van der Waals surface area contributed by atoms with Crippen LogP contribution in [-0.2, 0) is 0 Å². The van der Waals surface area contributed by atoms with Crippen LogP contribution in [0.15, 0.2) is 0 Å². The summed E-state index contributed by atoms with van der Waals surface area (Å²) in [5.74, 6) is 0. The second-order valence-electron chi connectivity index (χ2n) is 5.40. The van der Waals surface area contributed by atoms with Gasteiger partial charge in [-0.1, -0.05) is 12.8 Å². The average molecular weight is 213 g/mol. The summed E-state index contributed by atoms with van der Waals surface area (Å²) < 4.78 is 0. The van der Waals surface area contributed by atoms with Crippen molar-refractivity contribution >= 4 is 0 Å². The minimum absolute atomic E-state index is 0.143. The Morgan fingerprint density at radius 1 is 1.20 bits per heavy atom. The van der Waals surface area contributed by atoms with Gasteiger partial charge in [0.1, 0.15) is 0 Å². The van der Waals surface area contributed by atoms with E-state index < -0.39 is 0 Å². The third-order valence-electron chi connectivity index (χ3n) is 4.04. The lowest BCUT2D eigenvalue weighted by Gasteiger charge is -2.37. The van der Waals surface area contributed by atoms with Crippen molar-refractivity contribution in [1.29, 1.82) is 0 Å². The van der Waals surface area contributed by atoms with E-state index in [-0.39, 0.29) is 11.5 Å². The molecule has 15 heavy (non-hydrogen) atoms. The van der Waals surface area contributed by atoms with Crippen LogP contribution in [0.4, 0.5) is 0 Å². The first-order chi connectivity index (χ1) is 7.24. The minimum atomic E-state index is -0.143. The van der Waals surface area contributed by atoms with Gasteiger partial charge in [0.25, 0.3) is 0 Å². The molecule has 0 spiro atoms. The van der Waals surface area contributed by atoms with E-state index in [0.29, 0.717) is 6.61 Å². The van der Waals surface area contributed by atoms with Crippen molar-refractivity contribution in [2.75, 3.05) is 26.2 Å². The molecule has 3 nitrogen and oxygen atoms in total. The van der Waals surface area contributed by atoms with Gasteiger partial charge in [-0.15, -0.1) is 0 Å². The Hall–Kier alpha value is -0.120. The fourth-order valence-corrected chi connectivity index (χ4v) is 3.14. The SMILES string of the molecule is OCC1(CN2CCCC(O)C2)CCCC1. The Morgan fingerprint density at radius 2 is 1.93 bits per heavy atom. The number of aliphatic hydroxyl groups excluding tert-OH is 2. The van der Waals surface area contributed by atoms with Crippen molar-refractivity contribution < 1.29 is 10.2 Å². The maximum Gasteiger partial charge on any atom is 0.0667 e. The molecule has 0 aromatic heterocycles. The first-order valence-electron chi connectivity index (χ1n) is 6.25. The molecule has 2 N–H and O–H groups in total. The van der Waals surface area contributed by atoms with Crippen molar-refractivity contribution in [3.05, 3.63) is 0 Å². The van der Waals surface area contributed by atoms with E-state index in [0.717, 1.165) is 45.3 Å². The number of nitrogens with zero attached hydrogens (tertiary/aromatic N) is 1. The Labute approximate surface area is 92.1 Å². The normalized spacial score (nSPS) is 32.0. The number of likely N-dealkylation sites (tertiary alicyclic amines) is 1. The van der Waals surface area contributed by atoms with Crippen LogP contribution in [0.5, 0.6) is 0 Å². The number of aliphatic hydroxyl groups is 2. The van der Waals surface area contributed by atoms with Crippen LogP contribution < -0.4 is 0 Å². The van der Waals surface area contributed by atoms with E-state index in [9.17, 15) is 10.2 Å². The molecule has 2 fully saturated rings. The molecule has 0 radical (unpaired) electrons. The molecular weight excluding hydrogens is 190 g/mol. The van der Waals surface area contributed by atoms with Crippen molar-refractivity contribution in [3.8, 4) is 0 Å². The van der Waals surface area contributed by atoms with Crippen LogP contribution >= 0.6 is 0 Å². The first kappa shape index (κ1) is 11.4. The molecule has 1 saturated carbocycles. The van der Waals surface area contributed by atoms with Gasteiger partial charge in [-0.05, 0) is 32.2 Å². The molecule has 1 unspecified atom stereocenters. The molecule has 1 atom stereocenters. The maximum atomic E-state index is 9.61. The molecule has 1 saturated heterocycles. The Morgan fingerprint density at radius 3 is 2.53 bits per heavy atom. The number of piperidine rings is 1. The highest BCUT2D eigenvalue weighted by Crippen LogP contribution is 2.38. The van der Waals surface area contributed by atoms with Crippen molar-refractivity contribution in [1.82, 2.24) is 4.90 Å². The number of β-amino-alcohol motifs (C(OH)–C–C–N with tert-alkyl or cyclic N) is 1. The van der Waals surface area contributed by atoms with E-state index in [4.69, 9.17) is 0 Å². The van der Waals surface area contributed by atoms with Crippen molar-refractivity contribution in [2.24, 2.45) is 5.41 Å². The summed E-state index contributed by atoms with van der Waals surface area (Å²) in [4.78, 5) is 2.34. The quantitative estimate of drug-likeness (QED) is 0.735. The molecule has 0 aromatic rings. The lowest BCUT2D eigenvalue weighted by atomic mass is 9.86. The third-order valence-corrected chi connectivity index (χ3v) is 4.04. The van der Waals surface area contributed by atoms with Gasteiger partial charge in [0.2, 0.25) is 0 Å². The summed E-state index contributed by atoms with van der Waals surface area (Å²) in [7, 11) is 0. The summed E-state index contributed by atoms with van der Waals surface area (Å²) in [6.07, 6.45) is 6.75. The van der Waals surface area contributed by atoms with Crippen molar-refractivity contribution in [2.45, 2.75) is 44.6 Å². The van der Waals surface area contributed by atoms with Gasteiger partial charge < -0.3 is 15.1 Å². The van der Waals surface area contributed by atoms with Crippen LogP contribution in [0.2, 0.25) is 0 Å². The molecule has 0 aromatic carbocycles. The summed E-state index contributed by atoms with van der Waals surface area (Å²) in [5.41, 5.74) is 0.150. The fourth-order valence-electron chi connectivity index (χ4n) is 3.14. The summed E-state index contributed by atoms with van der Waals surface area (Å²) in [5, 5.41) is 19.1. The molecular formula is C12H23NO2. The van der Waals surface area contributed by atoms with Gasteiger partial charge in [0.15, 0.2) is 0 Å². The van der Waals surface area contributed by atoms with Gasteiger partial charge >= 0.3 is 0 Å². The van der Waals surface area contributed by atoms with Crippen LogP contribution in [0, 0.1) is 5.41 Å². The van der Waals surface area contributed by atoms with Crippen LogP contribution in [-0.4, -0.2) is 47.5 Å². The Balaban J connectivity index is 1.88. The summed E-state index contributed by atoms with van der Waals surface area (Å²) in [6, 6.07) is 0. The molecule has 2 rings (SSSR count). The first-order valence-corrected chi connectivity index (χ1v) is 6.25. The highest BCUT2D eigenvalue weighted by Gasteiger charge is 2.35. The zero-order valence-corrected chi connectivity index (χ0v) is 9.49. The highest BCUT2D eigenvalue weighted by atomic mass is 16.3. The zero-order valence-electron chi connectivity index (χ0n) is 9.49. The molecule has 1 heterocycles. The van der Waals surface area contributed by atoms with E-state index in [1.165, 1.54) is 12.8 Å². The fraction of sp³-hybridized carbons (Fsp3) is 1.00. The molecule has 0 amide bonds. The molecule has 1 aliphatic carbocycles. The number of rotatable bonds is 3. The average Bonchev–Trinajstić information content (AvgIpc) is 2.67.